The Labute approximate surface area is 94.9 Å². The van der Waals surface area contributed by atoms with E-state index in [-0.39, 0.29) is 0 Å². The topological polar surface area (TPSA) is 0 Å². The summed E-state index contributed by atoms with van der Waals surface area (Å²) in [4.78, 5) is 1.65. The molecule has 0 fully saturated rings. The van der Waals surface area contributed by atoms with Gasteiger partial charge in [0.2, 0.25) is 0 Å². The minimum absolute atomic E-state index is 0.880. The Hall–Kier alpha value is -0.820. The summed E-state index contributed by atoms with van der Waals surface area (Å²) in [6, 6.07) is 6.73. The molecular formula is C14H16S. The van der Waals surface area contributed by atoms with Gasteiger partial charge in [0, 0.05) is 9.58 Å². The van der Waals surface area contributed by atoms with E-state index in [1.54, 1.807) is 10.4 Å². The van der Waals surface area contributed by atoms with Crippen molar-refractivity contribution in [2.45, 2.75) is 33.1 Å². The lowest BCUT2D eigenvalue weighted by Crippen LogP contribution is -2.08. The molecule has 0 spiro atoms. The lowest BCUT2D eigenvalue weighted by Gasteiger charge is -2.17. The van der Waals surface area contributed by atoms with Crippen LogP contribution in [0, 0.1) is 12.8 Å². The Bertz CT molecular complexity index is 507. The van der Waals surface area contributed by atoms with Crippen molar-refractivity contribution >= 4 is 21.4 Å². The average molecular weight is 216 g/mol. The fourth-order valence-electron chi connectivity index (χ4n) is 2.61. The van der Waals surface area contributed by atoms with Crippen molar-refractivity contribution in [3.63, 3.8) is 0 Å². The Kier molecular flexibility index (Phi) is 2.10. The van der Waals surface area contributed by atoms with Crippen molar-refractivity contribution in [2.24, 2.45) is 5.92 Å². The normalized spacial score (nSPS) is 20.5. The van der Waals surface area contributed by atoms with Crippen LogP contribution in [0.3, 0.4) is 0 Å². The number of hydrogen-bond acceptors (Lipinski definition) is 1. The Morgan fingerprint density at radius 2 is 2.20 bits per heavy atom. The quantitative estimate of drug-likeness (QED) is 0.614. The third kappa shape index (κ3) is 1.41. The molecule has 2 aromatic rings. The monoisotopic (exact) mass is 216 g/mol. The molecule has 1 aliphatic carbocycles. The lowest BCUT2D eigenvalue weighted by atomic mass is 9.89. The summed E-state index contributed by atoms with van der Waals surface area (Å²) >= 11 is 2.03. The van der Waals surface area contributed by atoms with E-state index >= 15 is 0 Å². The zero-order valence-corrected chi connectivity index (χ0v) is 10.2. The zero-order chi connectivity index (χ0) is 10.4. The number of rotatable bonds is 0. The third-order valence-corrected chi connectivity index (χ3v) is 4.93. The first kappa shape index (κ1) is 9.41. The summed E-state index contributed by atoms with van der Waals surface area (Å²) in [6.45, 7) is 4.61. The van der Waals surface area contributed by atoms with E-state index in [1.165, 1.54) is 34.9 Å². The van der Waals surface area contributed by atoms with Gasteiger partial charge in [-0.15, -0.1) is 11.3 Å². The van der Waals surface area contributed by atoms with Gasteiger partial charge in [0.1, 0.15) is 0 Å². The summed E-state index contributed by atoms with van der Waals surface area (Å²) in [5.41, 5.74) is 3.09. The van der Waals surface area contributed by atoms with Gasteiger partial charge in [0.25, 0.3) is 0 Å². The molecule has 0 saturated carbocycles. The molecule has 0 nitrogen and oxygen atoms in total. The summed E-state index contributed by atoms with van der Waals surface area (Å²) < 4.78 is 1.52. The van der Waals surface area contributed by atoms with E-state index in [1.807, 2.05) is 11.3 Å². The molecule has 0 N–H and O–H groups in total. The van der Waals surface area contributed by atoms with E-state index in [4.69, 9.17) is 0 Å². The summed E-state index contributed by atoms with van der Waals surface area (Å²) in [6.07, 6.45) is 3.96. The maximum Gasteiger partial charge on any atom is 0.0377 e. The van der Waals surface area contributed by atoms with Crippen molar-refractivity contribution in [1.29, 1.82) is 0 Å². The molecule has 1 heteroatoms. The first-order chi connectivity index (χ1) is 7.25. The molecule has 15 heavy (non-hydrogen) atoms. The lowest BCUT2D eigenvalue weighted by molar-refractivity contribution is 0.509. The number of fused-ring (bicyclic) bond motifs is 3. The Morgan fingerprint density at radius 3 is 3.07 bits per heavy atom. The molecule has 1 atom stereocenters. The highest BCUT2D eigenvalue weighted by atomic mass is 32.1. The van der Waals surface area contributed by atoms with E-state index in [2.05, 4.69) is 32.0 Å². The average Bonchev–Trinajstić information content (AvgIpc) is 2.57. The smallest absolute Gasteiger partial charge is 0.0377 e. The van der Waals surface area contributed by atoms with Crippen LogP contribution in [0.15, 0.2) is 18.2 Å². The first-order valence-corrected chi connectivity index (χ1v) is 6.57. The summed E-state index contributed by atoms with van der Waals surface area (Å²) in [7, 11) is 0. The van der Waals surface area contributed by atoms with Crippen LogP contribution in [0.2, 0.25) is 0 Å². The van der Waals surface area contributed by atoms with Gasteiger partial charge in [-0.25, -0.2) is 0 Å². The summed E-state index contributed by atoms with van der Waals surface area (Å²) in [5, 5.41) is 1.53. The molecule has 1 heterocycles. The minimum atomic E-state index is 0.880. The van der Waals surface area contributed by atoms with Crippen molar-refractivity contribution in [3.05, 3.63) is 34.2 Å². The Morgan fingerprint density at radius 1 is 1.33 bits per heavy atom. The second-order valence-corrected chi connectivity index (χ2v) is 5.91. The van der Waals surface area contributed by atoms with Crippen LogP contribution >= 0.6 is 11.3 Å². The molecule has 1 unspecified atom stereocenters. The van der Waals surface area contributed by atoms with Crippen LogP contribution in [-0.2, 0) is 12.8 Å². The molecule has 0 aliphatic heterocycles. The van der Waals surface area contributed by atoms with Gasteiger partial charge in [0.15, 0.2) is 0 Å². The molecular weight excluding hydrogens is 200 g/mol. The molecule has 1 aromatic carbocycles. The van der Waals surface area contributed by atoms with E-state index in [0.29, 0.717) is 0 Å². The molecule has 0 bridgehead atoms. The van der Waals surface area contributed by atoms with Gasteiger partial charge >= 0.3 is 0 Å². The Balaban J connectivity index is 2.27. The minimum Gasteiger partial charge on any atom is -0.140 e. The molecule has 0 radical (unpaired) electrons. The van der Waals surface area contributed by atoms with Gasteiger partial charge in [-0.05, 0) is 48.6 Å². The highest BCUT2D eigenvalue weighted by Crippen LogP contribution is 2.39. The fraction of sp³-hybridized carbons (Fsp3) is 0.429. The van der Waals surface area contributed by atoms with Gasteiger partial charge in [-0.2, -0.15) is 0 Å². The highest BCUT2D eigenvalue weighted by molar-refractivity contribution is 7.19. The van der Waals surface area contributed by atoms with Crippen molar-refractivity contribution in [1.82, 2.24) is 0 Å². The molecule has 0 amide bonds. The fourth-order valence-corrected chi connectivity index (χ4v) is 4.09. The molecule has 3 rings (SSSR count). The SMILES string of the molecule is Cc1cccc2c3c(sc12)CC(C)CC3. The number of benzene rings is 1. The van der Waals surface area contributed by atoms with Crippen LogP contribution in [0.1, 0.15) is 29.3 Å². The maximum absolute atomic E-state index is 2.38. The van der Waals surface area contributed by atoms with Crippen LogP contribution in [0.5, 0.6) is 0 Å². The second kappa shape index (κ2) is 3.34. The number of hydrogen-bond donors (Lipinski definition) is 0. The maximum atomic E-state index is 2.38. The van der Waals surface area contributed by atoms with Crippen LogP contribution < -0.4 is 0 Å². The van der Waals surface area contributed by atoms with Gasteiger partial charge in [-0.1, -0.05) is 25.1 Å². The van der Waals surface area contributed by atoms with Gasteiger partial charge in [0.05, 0.1) is 0 Å². The zero-order valence-electron chi connectivity index (χ0n) is 9.34. The van der Waals surface area contributed by atoms with Crippen molar-refractivity contribution in [3.8, 4) is 0 Å². The predicted molar refractivity (Wildman–Crippen MR) is 67.8 cm³/mol. The molecule has 1 aliphatic rings. The second-order valence-electron chi connectivity index (χ2n) is 4.80. The highest BCUT2D eigenvalue weighted by Gasteiger charge is 2.20. The van der Waals surface area contributed by atoms with Crippen LogP contribution in [-0.4, -0.2) is 0 Å². The third-order valence-electron chi connectivity index (χ3n) is 3.52. The standard InChI is InChI=1S/C14H16S/c1-9-6-7-11-12-5-3-4-10(2)14(12)15-13(11)8-9/h3-5,9H,6-8H2,1-2H3. The molecule has 0 saturated heterocycles. The van der Waals surface area contributed by atoms with Gasteiger partial charge in [-0.3, -0.25) is 0 Å². The van der Waals surface area contributed by atoms with Crippen molar-refractivity contribution < 1.29 is 0 Å². The summed E-state index contributed by atoms with van der Waals surface area (Å²) in [5.74, 6) is 0.880. The number of thiophene rings is 1. The predicted octanol–water partition coefficient (Wildman–Crippen LogP) is 4.33. The van der Waals surface area contributed by atoms with Gasteiger partial charge < -0.3 is 0 Å². The van der Waals surface area contributed by atoms with Crippen LogP contribution in [0.25, 0.3) is 10.1 Å². The van der Waals surface area contributed by atoms with E-state index in [9.17, 15) is 0 Å². The van der Waals surface area contributed by atoms with Crippen molar-refractivity contribution in [2.75, 3.05) is 0 Å². The first-order valence-electron chi connectivity index (χ1n) is 5.75. The molecule has 1 aromatic heterocycles. The van der Waals surface area contributed by atoms with Crippen LogP contribution in [0.4, 0.5) is 0 Å². The van der Waals surface area contributed by atoms with E-state index in [0.717, 1.165) is 5.92 Å². The molecule has 78 valence electrons. The number of aryl methyl sites for hydroxylation is 2. The largest absolute Gasteiger partial charge is 0.140 e. The van der Waals surface area contributed by atoms with E-state index < -0.39 is 0 Å².